The molecule has 0 atom stereocenters. The molecule has 0 fully saturated rings. The second-order valence-electron chi connectivity index (χ2n) is 7.77. The molecule has 0 radical (unpaired) electrons. The van der Waals surface area contributed by atoms with E-state index in [-0.39, 0.29) is 5.91 Å². The van der Waals surface area contributed by atoms with Crippen LogP contribution in [0, 0.1) is 0 Å². The maximum Gasteiger partial charge on any atom is 0.338 e. The summed E-state index contributed by atoms with van der Waals surface area (Å²) >= 11 is 0. The van der Waals surface area contributed by atoms with E-state index in [4.69, 9.17) is 10.5 Å². The van der Waals surface area contributed by atoms with Gasteiger partial charge in [-0.15, -0.1) is 0 Å². The summed E-state index contributed by atoms with van der Waals surface area (Å²) in [5.41, 5.74) is 11.6. The molecule has 6 heteroatoms. The number of esters is 1. The maximum absolute atomic E-state index is 13.1. The topological polar surface area (TPSA) is 93.4 Å². The van der Waals surface area contributed by atoms with Gasteiger partial charge in [0.1, 0.15) is 0 Å². The number of nitrogens with two attached hydrogens (primary N) is 1. The number of fused-ring (bicyclic) bond motifs is 1. The Morgan fingerprint density at radius 1 is 1.00 bits per heavy atom. The normalized spacial score (nSPS) is 13.8. The Balaban J connectivity index is 1.74. The molecular formula is C27H27N3O3. The number of hydrogen-bond donors (Lipinski definition) is 3. The van der Waals surface area contributed by atoms with Gasteiger partial charge in [-0.2, -0.15) is 0 Å². The second kappa shape index (κ2) is 10.1. The highest BCUT2D eigenvalue weighted by molar-refractivity contribution is 6.37. The molecule has 0 bridgehead atoms. The molecule has 0 saturated heterocycles. The first kappa shape index (κ1) is 22.3. The summed E-state index contributed by atoms with van der Waals surface area (Å²) in [6, 6.07) is 23.0. The van der Waals surface area contributed by atoms with Crippen molar-refractivity contribution in [2.75, 3.05) is 23.8 Å². The van der Waals surface area contributed by atoms with Crippen molar-refractivity contribution in [3.63, 3.8) is 0 Å². The van der Waals surface area contributed by atoms with Crippen molar-refractivity contribution in [2.24, 2.45) is 5.73 Å². The monoisotopic (exact) mass is 441 g/mol. The first-order chi connectivity index (χ1) is 16.1. The van der Waals surface area contributed by atoms with Crippen LogP contribution in [0.3, 0.4) is 0 Å². The SMILES string of the molecule is CCOC(=O)c1ccc2c(c1)NC(=O)/C2=C(\Nc1ccc(CCCN)cc1)c1ccccc1. The van der Waals surface area contributed by atoms with Crippen LogP contribution >= 0.6 is 0 Å². The van der Waals surface area contributed by atoms with Gasteiger partial charge in [0.05, 0.1) is 29.1 Å². The molecule has 0 aliphatic carbocycles. The number of carbonyl (C=O) groups is 2. The highest BCUT2D eigenvalue weighted by Crippen LogP contribution is 2.38. The van der Waals surface area contributed by atoms with Gasteiger partial charge in [0.25, 0.3) is 5.91 Å². The van der Waals surface area contributed by atoms with Gasteiger partial charge in [0, 0.05) is 11.3 Å². The maximum atomic E-state index is 13.1. The molecule has 6 nitrogen and oxygen atoms in total. The standard InChI is InChI=1S/C27H27N3O3/c1-2-33-27(32)20-12-15-22-23(17-20)30-26(31)24(22)25(19-8-4-3-5-9-19)29-21-13-10-18(11-14-21)7-6-16-28/h3-5,8-15,17,29H,2,6-7,16,28H2,1H3,(H,30,31)/b25-24-. The van der Waals surface area contributed by atoms with Gasteiger partial charge in [0.15, 0.2) is 0 Å². The van der Waals surface area contributed by atoms with Crippen LogP contribution in [0.15, 0.2) is 72.8 Å². The number of anilines is 2. The Morgan fingerprint density at radius 3 is 2.45 bits per heavy atom. The summed E-state index contributed by atoms with van der Waals surface area (Å²) in [6.45, 7) is 2.72. The van der Waals surface area contributed by atoms with Gasteiger partial charge in [-0.05, 0) is 61.7 Å². The Labute approximate surface area is 193 Å². The molecule has 1 amide bonds. The van der Waals surface area contributed by atoms with E-state index in [9.17, 15) is 9.59 Å². The lowest BCUT2D eigenvalue weighted by Crippen LogP contribution is -2.10. The largest absolute Gasteiger partial charge is 0.462 e. The summed E-state index contributed by atoms with van der Waals surface area (Å²) in [5.74, 6) is -0.639. The molecule has 1 heterocycles. The van der Waals surface area contributed by atoms with Gasteiger partial charge in [-0.3, -0.25) is 4.79 Å². The quantitative estimate of drug-likeness (QED) is 0.348. The van der Waals surface area contributed by atoms with Crippen molar-refractivity contribution in [3.8, 4) is 0 Å². The number of nitrogens with one attached hydrogen (secondary N) is 2. The van der Waals surface area contributed by atoms with Crippen molar-refractivity contribution in [2.45, 2.75) is 19.8 Å². The van der Waals surface area contributed by atoms with Gasteiger partial charge in [-0.25, -0.2) is 4.79 Å². The van der Waals surface area contributed by atoms with E-state index < -0.39 is 5.97 Å². The second-order valence-corrected chi connectivity index (χ2v) is 7.77. The lowest BCUT2D eigenvalue weighted by molar-refractivity contribution is -0.110. The van der Waals surface area contributed by atoms with Crippen LogP contribution in [0.1, 0.15) is 40.4 Å². The molecule has 4 N–H and O–H groups in total. The average molecular weight is 442 g/mol. The van der Waals surface area contributed by atoms with Gasteiger partial charge in [-0.1, -0.05) is 48.5 Å². The minimum atomic E-state index is -0.414. The highest BCUT2D eigenvalue weighted by Gasteiger charge is 2.29. The Bertz CT molecular complexity index is 1180. The molecule has 0 spiro atoms. The molecular weight excluding hydrogens is 414 g/mol. The third-order valence-electron chi connectivity index (χ3n) is 5.48. The van der Waals surface area contributed by atoms with Crippen LogP contribution < -0.4 is 16.4 Å². The molecule has 33 heavy (non-hydrogen) atoms. The van der Waals surface area contributed by atoms with E-state index in [1.807, 2.05) is 42.5 Å². The van der Waals surface area contributed by atoms with Gasteiger partial charge >= 0.3 is 5.97 Å². The first-order valence-electron chi connectivity index (χ1n) is 11.1. The zero-order chi connectivity index (χ0) is 23.2. The third-order valence-corrected chi connectivity index (χ3v) is 5.48. The summed E-state index contributed by atoms with van der Waals surface area (Å²) in [4.78, 5) is 25.2. The number of aryl methyl sites for hydroxylation is 1. The number of benzene rings is 3. The fraction of sp³-hybridized carbons (Fsp3) is 0.185. The summed E-state index contributed by atoms with van der Waals surface area (Å²) in [7, 11) is 0. The van der Waals surface area contributed by atoms with Crippen LogP contribution in [0.5, 0.6) is 0 Å². The number of carbonyl (C=O) groups excluding carboxylic acids is 2. The van der Waals surface area contributed by atoms with Crippen molar-refractivity contribution < 1.29 is 14.3 Å². The molecule has 0 saturated carbocycles. The Hall–Kier alpha value is -3.90. The van der Waals surface area contributed by atoms with E-state index in [0.29, 0.717) is 35.7 Å². The molecule has 4 rings (SSSR count). The van der Waals surface area contributed by atoms with E-state index in [1.165, 1.54) is 5.56 Å². The molecule has 0 aromatic heterocycles. The van der Waals surface area contributed by atoms with Crippen LogP contribution in [-0.4, -0.2) is 25.0 Å². The summed E-state index contributed by atoms with van der Waals surface area (Å²) in [6.07, 6.45) is 1.87. The van der Waals surface area contributed by atoms with Crippen LogP contribution in [0.2, 0.25) is 0 Å². The number of rotatable bonds is 8. The highest BCUT2D eigenvalue weighted by atomic mass is 16.5. The predicted molar refractivity (Wildman–Crippen MR) is 132 cm³/mol. The summed E-state index contributed by atoms with van der Waals surface area (Å²) in [5, 5.41) is 6.35. The lowest BCUT2D eigenvalue weighted by atomic mass is 9.99. The molecule has 3 aromatic rings. The van der Waals surface area contributed by atoms with Crippen molar-refractivity contribution in [1.29, 1.82) is 0 Å². The molecule has 168 valence electrons. The van der Waals surface area contributed by atoms with Gasteiger partial charge in [0.2, 0.25) is 0 Å². The number of amides is 1. The van der Waals surface area contributed by atoms with Crippen LogP contribution in [0.25, 0.3) is 11.3 Å². The summed E-state index contributed by atoms with van der Waals surface area (Å²) < 4.78 is 5.09. The van der Waals surface area contributed by atoms with E-state index >= 15 is 0 Å². The minimum absolute atomic E-state index is 0.225. The van der Waals surface area contributed by atoms with Crippen LogP contribution in [0.4, 0.5) is 11.4 Å². The van der Waals surface area contributed by atoms with E-state index in [2.05, 4.69) is 22.8 Å². The number of ether oxygens (including phenoxy) is 1. The van der Waals surface area contributed by atoms with Crippen molar-refractivity contribution >= 4 is 34.5 Å². The van der Waals surface area contributed by atoms with Crippen molar-refractivity contribution in [3.05, 3.63) is 95.1 Å². The first-order valence-corrected chi connectivity index (χ1v) is 11.1. The zero-order valence-electron chi connectivity index (χ0n) is 18.6. The fourth-order valence-corrected chi connectivity index (χ4v) is 3.85. The van der Waals surface area contributed by atoms with Crippen LogP contribution in [-0.2, 0) is 16.0 Å². The third kappa shape index (κ3) is 4.96. The minimum Gasteiger partial charge on any atom is -0.462 e. The fourth-order valence-electron chi connectivity index (χ4n) is 3.85. The molecule has 1 aliphatic heterocycles. The van der Waals surface area contributed by atoms with Crippen molar-refractivity contribution in [1.82, 2.24) is 0 Å². The zero-order valence-corrected chi connectivity index (χ0v) is 18.6. The Kier molecular flexibility index (Phi) is 6.86. The predicted octanol–water partition coefficient (Wildman–Crippen LogP) is 4.69. The molecule has 1 aliphatic rings. The molecule has 3 aromatic carbocycles. The Morgan fingerprint density at radius 2 is 1.76 bits per heavy atom. The smallest absolute Gasteiger partial charge is 0.338 e. The van der Waals surface area contributed by atoms with Gasteiger partial charge < -0.3 is 21.1 Å². The van der Waals surface area contributed by atoms with E-state index in [1.54, 1.807) is 25.1 Å². The lowest BCUT2D eigenvalue weighted by Gasteiger charge is -2.15. The number of hydrogen-bond acceptors (Lipinski definition) is 5. The molecule has 0 unspecified atom stereocenters. The average Bonchev–Trinajstić information content (AvgIpc) is 3.17. The van der Waals surface area contributed by atoms with E-state index in [0.717, 1.165) is 29.7 Å².